The van der Waals surface area contributed by atoms with Crippen LogP contribution in [0, 0.1) is 11.3 Å². The summed E-state index contributed by atoms with van der Waals surface area (Å²) in [6.45, 7) is -0.471. The number of benzene rings is 1. The van der Waals surface area contributed by atoms with Crippen molar-refractivity contribution >= 4 is 29.1 Å². The van der Waals surface area contributed by atoms with Gasteiger partial charge in [0.05, 0.1) is 18.8 Å². The number of aromatic nitrogens is 1. The van der Waals surface area contributed by atoms with Crippen LogP contribution in [0.2, 0.25) is 5.02 Å². The maximum atomic E-state index is 13.5. The molecule has 200 valence electrons. The SMILES string of the molecule is [2H]C([2H])(c1cc(Cl)ccc1NCc1cocn1)N1CCN(C(=O)CNC(=O)[C@@H]2CC23CCC(F)(F)CC3)CC1. The molecule has 0 bridgehead atoms. The molecule has 2 heterocycles. The summed E-state index contributed by atoms with van der Waals surface area (Å²) in [6, 6.07) is 5.00. The van der Waals surface area contributed by atoms with E-state index in [0.29, 0.717) is 74.0 Å². The molecule has 3 fully saturated rings. The van der Waals surface area contributed by atoms with E-state index in [1.54, 1.807) is 28.0 Å². The molecular weight excluding hydrogens is 504 g/mol. The minimum absolute atomic E-state index is 0.154. The number of halogens is 3. The predicted molar refractivity (Wildman–Crippen MR) is 134 cm³/mol. The monoisotopic (exact) mass is 537 g/mol. The van der Waals surface area contributed by atoms with Crippen molar-refractivity contribution in [3.05, 3.63) is 47.1 Å². The fraction of sp³-hybridized carbons (Fsp3) is 0.577. The zero-order valence-corrected chi connectivity index (χ0v) is 21.2. The zero-order valence-electron chi connectivity index (χ0n) is 22.4. The maximum Gasteiger partial charge on any atom is 0.248 e. The molecule has 1 saturated heterocycles. The fourth-order valence-corrected chi connectivity index (χ4v) is 5.47. The average Bonchev–Trinajstić information content (AvgIpc) is 3.37. The third-order valence-electron chi connectivity index (χ3n) is 7.73. The Morgan fingerprint density at radius 3 is 2.65 bits per heavy atom. The molecule has 2 amide bonds. The summed E-state index contributed by atoms with van der Waals surface area (Å²) in [7, 11) is 0. The molecule has 1 aliphatic heterocycles. The second-order valence-corrected chi connectivity index (χ2v) is 10.6. The Morgan fingerprint density at radius 2 is 1.95 bits per heavy atom. The molecule has 1 spiro atoms. The number of carbonyl (C=O) groups is 2. The van der Waals surface area contributed by atoms with Crippen LogP contribution < -0.4 is 10.6 Å². The minimum atomic E-state index is -2.63. The molecule has 11 heteroatoms. The molecular formula is C26H32ClF2N5O3. The fourth-order valence-electron chi connectivity index (χ4n) is 5.29. The van der Waals surface area contributed by atoms with E-state index < -0.39 is 12.4 Å². The van der Waals surface area contributed by atoms with Gasteiger partial charge in [-0.25, -0.2) is 13.8 Å². The average molecular weight is 538 g/mol. The normalized spacial score (nSPS) is 23.8. The van der Waals surface area contributed by atoms with E-state index in [0.717, 1.165) is 0 Å². The van der Waals surface area contributed by atoms with Gasteiger partial charge in [-0.05, 0) is 48.4 Å². The zero-order chi connectivity index (χ0) is 27.8. The number of piperazine rings is 1. The summed E-state index contributed by atoms with van der Waals surface area (Å²) in [5.74, 6) is -3.41. The summed E-state index contributed by atoms with van der Waals surface area (Å²) in [5.41, 5.74) is 1.31. The van der Waals surface area contributed by atoms with Crippen molar-refractivity contribution in [3.63, 3.8) is 0 Å². The Morgan fingerprint density at radius 1 is 1.19 bits per heavy atom. The van der Waals surface area contributed by atoms with Crippen LogP contribution in [0.25, 0.3) is 0 Å². The van der Waals surface area contributed by atoms with Crippen molar-refractivity contribution in [3.8, 4) is 0 Å². The van der Waals surface area contributed by atoms with Crippen molar-refractivity contribution in [2.45, 2.75) is 51.1 Å². The first-order valence-corrected chi connectivity index (χ1v) is 13.0. The number of anilines is 1. The summed E-state index contributed by atoms with van der Waals surface area (Å²) >= 11 is 6.21. The van der Waals surface area contributed by atoms with E-state index in [1.807, 2.05) is 0 Å². The Bertz CT molecular complexity index is 1200. The smallest absolute Gasteiger partial charge is 0.248 e. The Labute approximate surface area is 222 Å². The van der Waals surface area contributed by atoms with Crippen LogP contribution in [0.15, 0.2) is 35.3 Å². The highest BCUT2D eigenvalue weighted by molar-refractivity contribution is 6.30. The first kappa shape index (κ1) is 23.4. The topological polar surface area (TPSA) is 90.7 Å². The van der Waals surface area contributed by atoms with Gasteiger partial charge in [-0.15, -0.1) is 0 Å². The van der Waals surface area contributed by atoms with Gasteiger partial charge < -0.3 is 20.0 Å². The molecule has 2 saturated carbocycles. The molecule has 2 aromatic rings. The largest absolute Gasteiger partial charge is 0.451 e. The van der Waals surface area contributed by atoms with E-state index in [-0.39, 0.29) is 42.5 Å². The lowest BCUT2D eigenvalue weighted by atomic mass is 9.82. The summed E-state index contributed by atoms with van der Waals surface area (Å²) in [5, 5.41) is 6.30. The molecule has 1 aromatic carbocycles. The van der Waals surface area contributed by atoms with Crippen LogP contribution in [0.1, 0.15) is 46.1 Å². The van der Waals surface area contributed by atoms with E-state index in [9.17, 15) is 18.4 Å². The third-order valence-corrected chi connectivity index (χ3v) is 7.97. The number of oxazole rings is 1. The minimum Gasteiger partial charge on any atom is -0.451 e. The molecule has 5 rings (SSSR count). The quantitative estimate of drug-likeness (QED) is 0.530. The second-order valence-electron chi connectivity index (χ2n) is 10.2. The highest BCUT2D eigenvalue weighted by atomic mass is 35.5. The van der Waals surface area contributed by atoms with E-state index >= 15 is 0 Å². The number of hydrogen-bond acceptors (Lipinski definition) is 6. The van der Waals surface area contributed by atoms with Crippen LogP contribution in [-0.4, -0.2) is 65.2 Å². The van der Waals surface area contributed by atoms with Crippen LogP contribution in [0.4, 0.5) is 14.5 Å². The van der Waals surface area contributed by atoms with Crippen molar-refractivity contribution in [1.29, 1.82) is 0 Å². The van der Waals surface area contributed by atoms with E-state index in [2.05, 4.69) is 15.6 Å². The van der Waals surface area contributed by atoms with Gasteiger partial charge >= 0.3 is 0 Å². The van der Waals surface area contributed by atoms with Gasteiger partial charge in [-0.3, -0.25) is 14.5 Å². The van der Waals surface area contributed by atoms with Gasteiger partial charge in [0.15, 0.2) is 6.39 Å². The number of nitrogens with zero attached hydrogens (tertiary/aromatic N) is 3. The van der Waals surface area contributed by atoms with E-state index in [4.69, 9.17) is 18.8 Å². The molecule has 1 atom stereocenters. The van der Waals surface area contributed by atoms with Crippen LogP contribution in [-0.2, 0) is 22.6 Å². The van der Waals surface area contributed by atoms with Gasteiger partial charge in [0.25, 0.3) is 0 Å². The highest BCUT2D eigenvalue weighted by Crippen LogP contribution is 2.63. The summed E-state index contributed by atoms with van der Waals surface area (Å²) in [4.78, 5) is 32.7. The molecule has 1 aromatic heterocycles. The Hall–Kier alpha value is -2.72. The van der Waals surface area contributed by atoms with Crippen molar-refractivity contribution in [2.75, 3.05) is 38.0 Å². The van der Waals surface area contributed by atoms with Crippen molar-refractivity contribution in [2.24, 2.45) is 11.3 Å². The van der Waals surface area contributed by atoms with Gasteiger partial charge in [-0.1, -0.05) is 11.6 Å². The Kier molecular flexibility index (Phi) is 6.68. The lowest BCUT2D eigenvalue weighted by Crippen LogP contribution is -2.51. The van der Waals surface area contributed by atoms with Crippen molar-refractivity contribution in [1.82, 2.24) is 20.1 Å². The van der Waals surface area contributed by atoms with Crippen LogP contribution >= 0.6 is 11.6 Å². The third kappa shape index (κ3) is 6.23. The van der Waals surface area contributed by atoms with Crippen LogP contribution in [0.3, 0.4) is 0 Å². The molecule has 2 N–H and O–H groups in total. The molecule has 8 nitrogen and oxygen atoms in total. The molecule has 37 heavy (non-hydrogen) atoms. The number of carbonyl (C=O) groups excluding carboxylic acids is 2. The lowest BCUT2D eigenvalue weighted by molar-refractivity contribution is -0.135. The maximum absolute atomic E-state index is 13.5. The first-order valence-electron chi connectivity index (χ1n) is 13.6. The molecule has 2 aliphatic carbocycles. The lowest BCUT2D eigenvalue weighted by Gasteiger charge is -2.35. The van der Waals surface area contributed by atoms with Crippen molar-refractivity contribution < 1.29 is 25.5 Å². The molecule has 3 aliphatic rings. The number of rotatable bonds is 8. The first-order chi connectivity index (χ1) is 18.5. The highest BCUT2D eigenvalue weighted by Gasteiger charge is 2.60. The number of nitrogens with one attached hydrogen (secondary N) is 2. The van der Waals surface area contributed by atoms with Gasteiger partial charge in [0.1, 0.15) is 6.26 Å². The molecule has 0 unspecified atom stereocenters. The number of hydrogen-bond donors (Lipinski definition) is 2. The number of amides is 2. The van der Waals surface area contributed by atoms with Gasteiger partial charge in [-0.2, -0.15) is 0 Å². The Balaban J connectivity index is 1.12. The second kappa shape index (κ2) is 10.6. The summed E-state index contributed by atoms with van der Waals surface area (Å²) < 4.78 is 49.8. The van der Waals surface area contributed by atoms with Gasteiger partial charge in [0.2, 0.25) is 17.7 Å². The van der Waals surface area contributed by atoms with Gasteiger partial charge in [0, 0.05) is 64.9 Å². The molecule has 0 radical (unpaired) electrons. The van der Waals surface area contributed by atoms with E-state index in [1.165, 1.54) is 12.7 Å². The number of alkyl halides is 2. The summed E-state index contributed by atoms with van der Waals surface area (Å²) in [6.07, 6.45) is 3.78. The standard InChI is InChI=1S/C26H32ClF2N5O3/c27-19-1-2-22(30-13-20-16-37-17-32-20)18(11-19)15-33-7-9-34(10-8-33)23(35)14-31-24(36)21-12-25(21)3-5-26(28,29)6-4-25/h1-2,11,16-17,21,30H,3-10,12-15H2,(H,31,36)/t21-/m0/s1/i15D2. The predicted octanol–water partition coefficient (Wildman–Crippen LogP) is 3.92. The van der Waals surface area contributed by atoms with Crippen LogP contribution in [0.5, 0.6) is 0 Å².